The van der Waals surface area contributed by atoms with Gasteiger partial charge in [0.2, 0.25) is 5.91 Å². The molecule has 0 aliphatic rings. The monoisotopic (exact) mass is 285 g/mol. The van der Waals surface area contributed by atoms with Gasteiger partial charge in [-0.15, -0.1) is 0 Å². The average Bonchev–Trinajstić information content (AvgIpc) is 2.47. The summed E-state index contributed by atoms with van der Waals surface area (Å²) in [7, 11) is 0. The first-order valence-corrected chi connectivity index (χ1v) is 7.51. The molecule has 0 unspecified atom stereocenters. The van der Waals surface area contributed by atoms with Gasteiger partial charge in [0.05, 0.1) is 11.2 Å². The Labute approximate surface area is 126 Å². The number of anilines is 1. The van der Waals surface area contributed by atoms with Gasteiger partial charge >= 0.3 is 0 Å². The van der Waals surface area contributed by atoms with E-state index >= 15 is 0 Å². The van der Waals surface area contributed by atoms with Crippen LogP contribution in [0.1, 0.15) is 26.7 Å². The van der Waals surface area contributed by atoms with Crippen LogP contribution in [0.5, 0.6) is 0 Å². The van der Waals surface area contributed by atoms with Crippen molar-refractivity contribution in [3.05, 3.63) is 36.5 Å². The normalized spacial score (nSPS) is 10.8. The second kappa shape index (κ2) is 7.62. The molecule has 0 radical (unpaired) electrons. The number of carbonyl (C=O) groups excluding carboxylic acids is 1. The third-order valence-electron chi connectivity index (χ3n) is 3.34. The van der Waals surface area contributed by atoms with Gasteiger partial charge in [-0.3, -0.25) is 9.78 Å². The Hall–Kier alpha value is -2.10. The van der Waals surface area contributed by atoms with E-state index in [1.807, 2.05) is 30.3 Å². The van der Waals surface area contributed by atoms with Crippen LogP contribution in [0, 0.1) is 5.92 Å². The molecular weight excluding hydrogens is 262 g/mol. The maximum Gasteiger partial charge on any atom is 0.221 e. The van der Waals surface area contributed by atoms with Crippen molar-refractivity contribution in [1.29, 1.82) is 0 Å². The second-order valence-electron chi connectivity index (χ2n) is 5.59. The van der Waals surface area contributed by atoms with Crippen molar-refractivity contribution in [2.75, 3.05) is 18.4 Å². The fraction of sp³-hybridized carbons (Fsp3) is 0.412. The second-order valence-corrected chi connectivity index (χ2v) is 5.59. The number of fused-ring (bicyclic) bond motifs is 1. The molecule has 4 heteroatoms. The van der Waals surface area contributed by atoms with Gasteiger partial charge in [-0.2, -0.15) is 0 Å². The molecule has 0 aliphatic heterocycles. The first-order valence-electron chi connectivity index (χ1n) is 7.51. The summed E-state index contributed by atoms with van der Waals surface area (Å²) in [4.78, 5) is 16.1. The molecule has 0 saturated heterocycles. The lowest BCUT2D eigenvalue weighted by Crippen LogP contribution is -2.27. The highest BCUT2D eigenvalue weighted by Crippen LogP contribution is 2.20. The van der Waals surface area contributed by atoms with Gasteiger partial charge in [0.25, 0.3) is 0 Å². The molecule has 112 valence electrons. The summed E-state index contributed by atoms with van der Waals surface area (Å²) in [6.07, 6.45) is 3.28. The van der Waals surface area contributed by atoms with Crippen LogP contribution in [0.15, 0.2) is 36.5 Å². The van der Waals surface area contributed by atoms with Gasteiger partial charge in [-0.1, -0.05) is 32.0 Å². The van der Waals surface area contributed by atoms with Gasteiger partial charge in [0, 0.05) is 31.1 Å². The minimum absolute atomic E-state index is 0.0938. The molecule has 0 saturated carbocycles. The zero-order valence-electron chi connectivity index (χ0n) is 12.7. The fourth-order valence-electron chi connectivity index (χ4n) is 2.15. The van der Waals surface area contributed by atoms with Crippen LogP contribution >= 0.6 is 0 Å². The van der Waals surface area contributed by atoms with Crippen LogP contribution in [0.4, 0.5) is 5.69 Å². The molecule has 2 rings (SSSR count). The number of pyridine rings is 1. The van der Waals surface area contributed by atoms with E-state index in [-0.39, 0.29) is 5.91 Å². The Morgan fingerprint density at radius 2 is 2.00 bits per heavy atom. The number of para-hydroxylation sites is 1. The molecule has 21 heavy (non-hydrogen) atoms. The third kappa shape index (κ3) is 4.74. The van der Waals surface area contributed by atoms with Crippen molar-refractivity contribution < 1.29 is 4.79 Å². The lowest BCUT2D eigenvalue weighted by atomic mass is 10.1. The highest BCUT2D eigenvalue weighted by atomic mass is 16.1. The standard InChI is InChI=1S/C17H23N3O/c1-13(2)8-11-19-16(21)9-12-18-15-7-3-5-14-6-4-10-20-17(14)15/h3-7,10,13,18H,8-9,11-12H2,1-2H3,(H,19,21). The van der Waals surface area contributed by atoms with Crippen molar-refractivity contribution in [2.24, 2.45) is 5.92 Å². The van der Waals surface area contributed by atoms with E-state index in [9.17, 15) is 4.79 Å². The Morgan fingerprint density at radius 3 is 2.81 bits per heavy atom. The van der Waals surface area contributed by atoms with E-state index in [0.717, 1.165) is 29.6 Å². The van der Waals surface area contributed by atoms with Crippen LogP contribution in [-0.4, -0.2) is 24.0 Å². The summed E-state index contributed by atoms with van der Waals surface area (Å²) in [5.41, 5.74) is 1.92. The van der Waals surface area contributed by atoms with Gasteiger partial charge in [-0.25, -0.2) is 0 Å². The molecule has 2 aromatic rings. The summed E-state index contributed by atoms with van der Waals surface area (Å²) in [6, 6.07) is 9.98. The molecule has 1 heterocycles. The minimum atomic E-state index is 0.0938. The largest absolute Gasteiger partial charge is 0.383 e. The summed E-state index contributed by atoms with van der Waals surface area (Å²) < 4.78 is 0. The Morgan fingerprint density at radius 1 is 1.19 bits per heavy atom. The van der Waals surface area contributed by atoms with Crippen LogP contribution in [0.3, 0.4) is 0 Å². The molecule has 0 aliphatic carbocycles. The molecule has 0 bridgehead atoms. The molecular formula is C17H23N3O. The maximum absolute atomic E-state index is 11.7. The van der Waals surface area contributed by atoms with Crippen molar-refractivity contribution >= 4 is 22.5 Å². The van der Waals surface area contributed by atoms with Gasteiger partial charge in [0.15, 0.2) is 0 Å². The van der Waals surface area contributed by atoms with E-state index < -0.39 is 0 Å². The van der Waals surface area contributed by atoms with Gasteiger partial charge in [0.1, 0.15) is 0 Å². The number of amides is 1. The Bertz CT molecular complexity index is 590. The molecule has 1 amide bonds. The smallest absolute Gasteiger partial charge is 0.221 e. The number of hydrogen-bond donors (Lipinski definition) is 2. The van der Waals surface area contributed by atoms with E-state index in [0.29, 0.717) is 18.9 Å². The van der Waals surface area contributed by atoms with Crippen LogP contribution in [0.2, 0.25) is 0 Å². The van der Waals surface area contributed by atoms with Gasteiger partial charge < -0.3 is 10.6 Å². The first kappa shape index (κ1) is 15.3. The highest BCUT2D eigenvalue weighted by molar-refractivity contribution is 5.90. The zero-order valence-corrected chi connectivity index (χ0v) is 12.7. The molecule has 1 aromatic carbocycles. The molecule has 4 nitrogen and oxygen atoms in total. The number of hydrogen-bond acceptors (Lipinski definition) is 3. The lowest BCUT2D eigenvalue weighted by molar-refractivity contribution is -0.120. The number of carbonyl (C=O) groups is 1. The number of rotatable bonds is 7. The number of nitrogens with one attached hydrogen (secondary N) is 2. The van der Waals surface area contributed by atoms with E-state index in [1.54, 1.807) is 6.20 Å². The van der Waals surface area contributed by atoms with Crippen molar-refractivity contribution in [3.63, 3.8) is 0 Å². The predicted molar refractivity (Wildman–Crippen MR) is 87.3 cm³/mol. The number of nitrogens with zero attached hydrogens (tertiary/aromatic N) is 1. The van der Waals surface area contributed by atoms with E-state index in [1.165, 1.54) is 0 Å². The van der Waals surface area contributed by atoms with Crippen LogP contribution in [0.25, 0.3) is 10.9 Å². The summed E-state index contributed by atoms with van der Waals surface area (Å²) in [5, 5.41) is 7.34. The van der Waals surface area contributed by atoms with E-state index in [2.05, 4.69) is 29.5 Å². The van der Waals surface area contributed by atoms with Gasteiger partial charge in [-0.05, 0) is 24.5 Å². The summed E-state index contributed by atoms with van der Waals surface area (Å²) in [5.74, 6) is 0.710. The number of aromatic nitrogens is 1. The summed E-state index contributed by atoms with van der Waals surface area (Å²) in [6.45, 7) is 5.68. The first-order chi connectivity index (χ1) is 10.2. The highest BCUT2D eigenvalue weighted by Gasteiger charge is 2.04. The topological polar surface area (TPSA) is 54.0 Å². The van der Waals surface area contributed by atoms with Crippen molar-refractivity contribution in [3.8, 4) is 0 Å². The Balaban J connectivity index is 1.81. The Kier molecular flexibility index (Phi) is 5.55. The molecule has 1 aromatic heterocycles. The molecule has 0 atom stereocenters. The molecule has 0 fully saturated rings. The molecule has 2 N–H and O–H groups in total. The van der Waals surface area contributed by atoms with Crippen LogP contribution in [-0.2, 0) is 4.79 Å². The number of benzene rings is 1. The summed E-state index contributed by atoms with van der Waals surface area (Å²) >= 11 is 0. The van der Waals surface area contributed by atoms with E-state index in [4.69, 9.17) is 0 Å². The molecule has 0 spiro atoms. The van der Waals surface area contributed by atoms with Crippen LogP contribution < -0.4 is 10.6 Å². The maximum atomic E-state index is 11.7. The SMILES string of the molecule is CC(C)CCNC(=O)CCNc1cccc2cccnc12. The van der Waals surface area contributed by atoms with Crippen molar-refractivity contribution in [2.45, 2.75) is 26.7 Å². The minimum Gasteiger partial charge on any atom is -0.383 e. The van der Waals surface area contributed by atoms with Crippen molar-refractivity contribution in [1.82, 2.24) is 10.3 Å². The lowest BCUT2D eigenvalue weighted by Gasteiger charge is -2.10. The quantitative estimate of drug-likeness (QED) is 0.821. The predicted octanol–water partition coefficient (Wildman–Crippen LogP) is 3.20. The average molecular weight is 285 g/mol. The zero-order chi connectivity index (χ0) is 15.1. The third-order valence-corrected chi connectivity index (χ3v) is 3.34. The fourth-order valence-corrected chi connectivity index (χ4v) is 2.15.